The minimum atomic E-state index is -0.391. The third-order valence-electron chi connectivity index (χ3n) is 3.89. The molecule has 0 fully saturated rings. The second kappa shape index (κ2) is 5.81. The van der Waals surface area contributed by atoms with Crippen molar-refractivity contribution in [2.24, 2.45) is 0 Å². The van der Waals surface area contributed by atoms with Gasteiger partial charge in [0, 0.05) is 35.8 Å². The monoisotopic (exact) mass is 325 g/mol. The molecule has 6 heteroatoms. The average molecular weight is 325 g/mol. The molecule has 2 heterocycles. The Balaban J connectivity index is 1.63. The Morgan fingerprint density at radius 3 is 2.83 bits per heavy atom. The first kappa shape index (κ1) is 14.4. The van der Waals surface area contributed by atoms with Crippen molar-refractivity contribution < 1.29 is 18.6 Å². The highest BCUT2D eigenvalue weighted by Gasteiger charge is 2.13. The lowest BCUT2D eigenvalue weighted by Gasteiger charge is -2.10. The van der Waals surface area contributed by atoms with Gasteiger partial charge in [-0.05, 0) is 29.8 Å². The smallest absolute Gasteiger partial charge is 0.336 e. The van der Waals surface area contributed by atoms with Gasteiger partial charge in [0.05, 0.1) is 7.11 Å². The number of hydrogen-bond acceptors (Lipinski definition) is 6. The van der Waals surface area contributed by atoms with Crippen LogP contribution in [-0.2, 0) is 6.54 Å². The maximum Gasteiger partial charge on any atom is 0.336 e. The molecule has 0 saturated heterocycles. The standard InChI is InChI=1S/C18H15NO5/c1-21-13-3-4-14-11(6-18(20)24-16(14)8-13)9-19-12-2-5-15-17(7-12)23-10-22-15/h2-8,19H,9-10H2,1H3. The highest BCUT2D eigenvalue weighted by atomic mass is 16.7. The van der Waals surface area contributed by atoms with Crippen LogP contribution in [0, 0.1) is 0 Å². The number of anilines is 1. The Kier molecular flexibility index (Phi) is 3.49. The van der Waals surface area contributed by atoms with E-state index in [1.54, 1.807) is 13.2 Å². The van der Waals surface area contributed by atoms with E-state index in [0.29, 0.717) is 23.6 Å². The van der Waals surface area contributed by atoms with Crippen LogP contribution >= 0.6 is 0 Å². The number of hydrogen-bond donors (Lipinski definition) is 1. The quantitative estimate of drug-likeness (QED) is 0.743. The van der Waals surface area contributed by atoms with Gasteiger partial charge < -0.3 is 23.9 Å². The van der Waals surface area contributed by atoms with Gasteiger partial charge >= 0.3 is 5.63 Å². The zero-order chi connectivity index (χ0) is 16.5. The van der Waals surface area contributed by atoms with Gasteiger partial charge in [-0.3, -0.25) is 0 Å². The Labute approximate surface area is 137 Å². The fourth-order valence-corrected chi connectivity index (χ4v) is 2.69. The summed E-state index contributed by atoms with van der Waals surface area (Å²) >= 11 is 0. The molecule has 0 unspecified atom stereocenters. The minimum absolute atomic E-state index is 0.241. The molecule has 3 aromatic rings. The summed E-state index contributed by atoms with van der Waals surface area (Å²) in [5, 5.41) is 4.16. The molecule has 0 spiro atoms. The van der Waals surface area contributed by atoms with Crippen LogP contribution in [0.3, 0.4) is 0 Å². The lowest BCUT2D eigenvalue weighted by atomic mass is 10.1. The number of rotatable bonds is 4. The van der Waals surface area contributed by atoms with Crippen LogP contribution in [-0.4, -0.2) is 13.9 Å². The molecule has 1 aliphatic heterocycles. The highest BCUT2D eigenvalue weighted by Crippen LogP contribution is 2.34. The van der Waals surface area contributed by atoms with Crippen molar-refractivity contribution in [2.45, 2.75) is 6.54 Å². The van der Waals surface area contributed by atoms with E-state index < -0.39 is 5.63 Å². The Bertz CT molecular complexity index is 963. The van der Waals surface area contributed by atoms with Crippen LogP contribution in [0.4, 0.5) is 5.69 Å². The fraction of sp³-hybridized carbons (Fsp3) is 0.167. The van der Waals surface area contributed by atoms with E-state index in [0.717, 1.165) is 22.4 Å². The van der Waals surface area contributed by atoms with Crippen LogP contribution in [0.25, 0.3) is 11.0 Å². The molecular formula is C18H15NO5. The maximum absolute atomic E-state index is 11.8. The van der Waals surface area contributed by atoms with Crippen LogP contribution in [0.15, 0.2) is 51.7 Å². The van der Waals surface area contributed by atoms with E-state index in [4.69, 9.17) is 18.6 Å². The second-order valence-electron chi connectivity index (χ2n) is 5.37. The Morgan fingerprint density at radius 2 is 1.96 bits per heavy atom. The van der Waals surface area contributed by atoms with Gasteiger partial charge in [-0.15, -0.1) is 0 Å². The molecule has 1 N–H and O–H groups in total. The molecule has 0 saturated carbocycles. The molecule has 122 valence electrons. The van der Waals surface area contributed by atoms with Gasteiger partial charge in [0.15, 0.2) is 11.5 Å². The molecule has 0 bridgehead atoms. The van der Waals surface area contributed by atoms with Gasteiger partial charge in [-0.25, -0.2) is 4.79 Å². The number of methoxy groups -OCH3 is 1. The second-order valence-corrected chi connectivity index (χ2v) is 5.37. The molecule has 0 radical (unpaired) electrons. The molecular weight excluding hydrogens is 310 g/mol. The van der Waals surface area contributed by atoms with Crippen LogP contribution in [0.1, 0.15) is 5.56 Å². The van der Waals surface area contributed by atoms with Crippen molar-refractivity contribution in [3.05, 3.63) is 58.4 Å². The molecule has 0 amide bonds. The van der Waals surface area contributed by atoms with Crippen molar-refractivity contribution in [3.8, 4) is 17.2 Å². The van der Waals surface area contributed by atoms with Gasteiger partial charge in [-0.2, -0.15) is 0 Å². The summed E-state index contributed by atoms with van der Waals surface area (Å²) in [6.07, 6.45) is 0. The normalized spacial score (nSPS) is 12.4. The average Bonchev–Trinajstić information content (AvgIpc) is 3.06. The molecule has 0 aliphatic carbocycles. The first-order chi connectivity index (χ1) is 11.7. The Hall–Kier alpha value is -3.15. The zero-order valence-electron chi connectivity index (χ0n) is 13.0. The Morgan fingerprint density at radius 1 is 1.08 bits per heavy atom. The molecule has 1 aromatic heterocycles. The number of fused-ring (bicyclic) bond motifs is 2. The molecule has 1 aliphatic rings. The SMILES string of the molecule is COc1ccc2c(CNc3ccc4c(c3)OCO4)cc(=O)oc2c1. The third kappa shape index (κ3) is 2.62. The van der Waals surface area contributed by atoms with E-state index in [9.17, 15) is 4.79 Å². The third-order valence-corrected chi connectivity index (χ3v) is 3.89. The number of ether oxygens (including phenoxy) is 3. The summed E-state index contributed by atoms with van der Waals surface area (Å²) in [4.78, 5) is 11.8. The maximum atomic E-state index is 11.8. The van der Waals surface area contributed by atoms with Crippen molar-refractivity contribution >= 4 is 16.7 Å². The predicted molar refractivity (Wildman–Crippen MR) is 88.9 cm³/mol. The lowest BCUT2D eigenvalue weighted by Crippen LogP contribution is -2.06. The van der Waals surface area contributed by atoms with E-state index >= 15 is 0 Å². The van der Waals surface area contributed by atoms with Crippen LogP contribution in [0.2, 0.25) is 0 Å². The number of nitrogens with one attached hydrogen (secondary N) is 1. The molecule has 2 aromatic carbocycles. The van der Waals surface area contributed by atoms with Gasteiger partial charge in [0.1, 0.15) is 11.3 Å². The van der Waals surface area contributed by atoms with Crippen molar-refractivity contribution in [1.82, 2.24) is 0 Å². The minimum Gasteiger partial charge on any atom is -0.497 e. The van der Waals surface area contributed by atoms with E-state index in [-0.39, 0.29) is 6.79 Å². The van der Waals surface area contributed by atoms with E-state index in [2.05, 4.69) is 5.32 Å². The van der Waals surface area contributed by atoms with E-state index in [1.807, 2.05) is 30.3 Å². The predicted octanol–water partition coefficient (Wildman–Crippen LogP) is 3.14. The molecule has 0 atom stereocenters. The van der Waals surface area contributed by atoms with Crippen molar-refractivity contribution in [3.63, 3.8) is 0 Å². The largest absolute Gasteiger partial charge is 0.497 e. The van der Waals surface area contributed by atoms with Crippen molar-refractivity contribution in [2.75, 3.05) is 19.2 Å². The number of benzene rings is 2. The molecule has 24 heavy (non-hydrogen) atoms. The zero-order valence-corrected chi connectivity index (χ0v) is 13.0. The summed E-state index contributed by atoms with van der Waals surface area (Å²) < 4.78 is 21.1. The van der Waals surface area contributed by atoms with Crippen molar-refractivity contribution in [1.29, 1.82) is 0 Å². The van der Waals surface area contributed by atoms with Crippen LogP contribution < -0.4 is 25.2 Å². The van der Waals surface area contributed by atoms with Gasteiger partial charge in [-0.1, -0.05) is 0 Å². The van der Waals surface area contributed by atoms with Crippen LogP contribution in [0.5, 0.6) is 17.2 Å². The molecule has 4 rings (SSSR count). The van der Waals surface area contributed by atoms with Gasteiger partial charge in [0.25, 0.3) is 0 Å². The first-order valence-electron chi connectivity index (χ1n) is 7.47. The summed E-state index contributed by atoms with van der Waals surface area (Å²) in [5.74, 6) is 2.09. The summed E-state index contributed by atoms with van der Waals surface area (Å²) in [6.45, 7) is 0.721. The fourth-order valence-electron chi connectivity index (χ4n) is 2.69. The highest BCUT2D eigenvalue weighted by molar-refractivity contribution is 5.81. The van der Waals surface area contributed by atoms with Gasteiger partial charge in [0.2, 0.25) is 6.79 Å². The van der Waals surface area contributed by atoms with E-state index in [1.165, 1.54) is 6.07 Å². The summed E-state index contributed by atoms with van der Waals surface area (Å²) in [5.41, 5.74) is 1.85. The summed E-state index contributed by atoms with van der Waals surface area (Å²) in [7, 11) is 1.57. The topological polar surface area (TPSA) is 69.9 Å². The first-order valence-corrected chi connectivity index (χ1v) is 7.47. The molecule has 6 nitrogen and oxygen atoms in total. The summed E-state index contributed by atoms with van der Waals surface area (Å²) in [6, 6.07) is 12.6. The lowest BCUT2D eigenvalue weighted by molar-refractivity contribution is 0.174.